The summed E-state index contributed by atoms with van der Waals surface area (Å²) in [6, 6.07) is 1.85. The molecule has 3 rings (SSSR count). The SMILES string of the molecule is CCN1CCN(C(=O)Nc2cc(C)n(C)n2)C[C@@H]1c1ncc[nH]1. The zero-order chi connectivity index (χ0) is 16.4. The van der Waals surface area contributed by atoms with Crippen molar-refractivity contribution in [3.63, 3.8) is 0 Å². The molecule has 124 valence electrons. The fourth-order valence-electron chi connectivity index (χ4n) is 2.91. The van der Waals surface area contributed by atoms with E-state index >= 15 is 0 Å². The minimum absolute atomic E-state index is 0.0972. The van der Waals surface area contributed by atoms with Crippen LogP contribution in [0.5, 0.6) is 0 Å². The average molecular weight is 317 g/mol. The van der Waals surface area contributed by atoms with E-state index in [1.165, 1.54) is 0 Å². The number of carbonyl (C=O) groups is 1. The molecule has 1 aliphatic rings. The number of aromatic nitrogens is 4. The molecule has 1 atom stereocenters. The van der Waals surface area contributed by atoms with Crippen LogP contribution in [0.2, 0.25) is 0 Å². The Morgan fingerprint density at radius 2 is 2.30 bits per heavy atom. The number of likely N-dealkylation sites (N-methyl/N-ethyl adjacent to an activating group) is 1. The van der Waals surface area contributed by atoms with Gasteiger partial charge in [-0.25, -0.2) is 9.78 Å². The predicted octanol–water partition coefficient (Wildman–Crippen LogP) is 1.36. The fourth-order valence-corrected chi connectivity index (χ4v) is 2.91. The lowest BCUT2D eigenvalue weighted by molar-refractivity contribution is 0.0946. The Kier molecular flexibility index (Phi) is 4.33. The molecule has 0 spiro atoms. The summed E-state index contributed by atoms with van der Waals surface area (Å²) in [7, 11) is 1.86. The summed E-state index contributed by atoms with van der Waals surface area (Å²) in [5.74, 6) is 1.49. The normalized spacial score (nSPS) is 19.1. The van der Waals surface area contributed by atoms with E-state index in [1.54, 1.807) is 10.9 Å². The second kappa shape index (κ2) is 6.41. The van der Waals surface area contributed by atoms with Gasteiger partial charge in [-0.2, -0.15) is 5.10 Å². The van der Waals surface area contributed by atoms with E-state index in [4.69, 9.17) is 0 Å². The van der Waals surface area contributed by atoms with Gasteiger partial charge in [0.15, 0.2) is 5.82 Å². The molecule has 0 aliphatic carbocycles. The van der Waals surface area contributed by atoms with Gasteiger partial charge in [-0.1, -0.05) is 6.92 Å². The van der Waals surface area contributed by atoms with E-state index in [0.29, 0.717) is 18.9 Å². The number of nitrogens with zero attached hydrogens (tertiary/aromatic N) is 5. The number of aryl methyl sites for hydroxylation is 2. The van der Waals surface area contributed by atoms with Crippen molar-refractivity contribution in [2.45, 2.75) is 19.9 Å². The van der Waals surface area contributed by atoms with E-state index in [0.717, 1.165) is 24.6 Å². The third-order valence-corrected chi connectivity index (χ3v) is 4.37. The third-order valence-electron chi connectivity index (χ3n) is 4.37. The van der Waals surface area contributed by atoms with Crippen molar-refractivity contribution < 1.29 is 4.79 Å². The maximum atomic E-state index is 12.5. The van der Waals surface area contributed by atoms with Crippen LogP contribution in [0.15, 0.2) is 18.5 Å². The van der Waals surface area contributed by atoms with Gasteiger partial charge >= 0.3 is 6.03 Å². The van der Waals surface area contributed by atoms with E-state index in [2.05, 4.69) is 32.2 Å². The van der Waals surface area contributed by atoms with Crippen molar-refractivity contribution in [1.29, 1.82) is 0 Å². The summed E-state index contributed by atoms with van der Waals surface area (Å²) in [6.45, 7) is 7.15. The first-order valence-electron chi connectivity index (χ1n) is 7.88. The zero-order valence-electron chi connectivity index (χ0n) is 13.8. The number of carbonyl (C=O) groups excluding carboxylic acids is 1. The number of rotatable bonds is 3. The van der Waals surface area contributed by atoms with Gasteiger partial charge in [0.2, 0.25) is 0 Å². The smallest absolute Gasteiger partial charge is 0.323 e. The van der Waals surface area contributed by atoms with Crippen LogP contribution in [-0.4, -0.2) is 61.8 Å². The number of hydrogen-bond acceptors (Lipinski definition) is 4. The van der Waals surface area contributed by atoms with E-state index < -0.39 is 0 Å². The standard InChI is InChI=1S/C15H23N7O/c1-4-21-7-8-22(10-12(21)14-16-5-6-17-14)15(23)18-13-9-11(2)20(3)19-13/h5-6,9,12H,4,7-8,10H2,1-3H3,(H,16,17)(H,18,19,23)/t12-/m1/s1. The molecule has 0 radical (unpaired) electrons. The van der Waals surface area contributed by atoms with Crippen LogP contribution in [0.1, 0.15) is 24.5 Å². The molecular formula is C15H23N7O. The molecule has 2 aromatic heterocycles. The zero-order valence-corrected chi connectivity index (χ0v) is 13.8. The second-order valence-electron chi connectivity index (χ2n) is 5.79. The van der Waals surface area contributed by atoms with Crippen LogP contribution < -0.4 is 5.32 Å². The average Bonchev–Trinajstić information content (AvgIpc) is 3.17. The van der Waals surface area contributed by atoms with Crippen LogP contribution >= 0.6 is 0 Å². The second-order valence-corrected chi connectivity index (χ2v) is 5.79. The molecule has 1 aliphatic heterocycles. The number of nitrogens with one attached hydrogen (secondary N) is 2. The number of amides is 2. The maximum Gasteiger partial charge on any atom is 0.323 e. The van der Waals surface area contributed by atoms with Gasteiger partial charge in [0, 0.05) is 50.8 Å². The number of urea groups is 1. The first-order chi connectivity index (χ1) is 11.1. The molecular weight excluding hydrogens is 294 g/mol. The van der Waals surface area contributed by atoms with Gasteiger partial charge in [-0.3, -0.25) is 14.9 Å². The summed E-state index contributed by atoms with van der Waals surface area (Å²) in [5.41, 5.74) is 1.00. The summed E-state index contributed by atoms with van der Waals surface area (Å²) >= 11 is 0. The summed E-state index contributed by atoms with van der Waals surface area (Å²) < 4.78 is 1.75. The van der Waals surface area contributed by atoms with E-state index in [9.17, 15) is 4.79 Å². The van der Waals surface area contributed by atoms with Gasteiger partial charge < -0.3 is 9.88 Å². The van der Waals surface area contributed by atoms with Gasteiger partial charge in [0.1, 0.15) is 5.82 Å². The Morgan fingerprint density at radius 1 is 1.48 bits per heavy atom. The molecule has 0 saturated carbocycles. The maximum absolute atomic E-state index is 12.5. The number of H-pyrrole nitrogens is 1. The van der Waals surface area contributed by atoms with Crippen molar-refractivity contribution in [2.75, 3.05) is 31.5 Å². The van der Waals surface area contributed by atoms with Crippen molar-refractivity contribution in [1.82, 2.24) is 29.5 Å². The lowest BCUT2D eigenvalue weighted by atomic mass is 10.1. The molecule has 3 heterocycles. The lowest BCUT2D eigenvalue weighted by Gasteiger charge is -2.39. The molecule has 8 nitrogen and oxygen atoms in total. The highest BCUT2D eigenvalue weighted by molar-refractivity contribution is 5.88. The van der Waals surface area contributed by atoms with Crippen molar-refractivity contribution >= 4 is 11.8 Å². The van der Waals surface area contributed by atoms with Crippen molar-refractivity contribution in [2.24, 2.45) is 7.05 Å². The Balaban J connectivity index is 1.69. The largest absolute Gasteiger partial charge is 0.347 e. The van der Waals surface area contributed by atoms with Gasteiger partial charge in [-0.05, 0) is 13.5 Å². The van der Waals surface area contributed by atoms with Crippen LogP contribution in [0, 0.1) is 6.92 Å². The molecule has 8 heteroatoms. The quantitative estimate of drug-likeness (QED) is 0.895. The Labute approximate surface area is 135 Å². The van der Waals surface area contributed by atoms with Crippen molar-refractivity contribution in [3.05, 3.63) is 30.0 Å². The predicted molar refractivity (Wildman–Crippen MR) is 87.1 cm³/mol. The van der Waals surface area contributed by atoms with Gasteiger partial charge in [0.05, 0.1) is 6.04 Å². The third kappa shape index (κ3) is 3.21. The molecule has 0 aromatic carbocycles. The van der Waals surface area contributed by atoms with E-state index in [1.807, 2.05) is 31.1 Å². The summed E-state index contributed by atoms with van der Waals surface area (Å²) in [5, 5.41) is 7.15. The van der Waals surface area contributed by atoms with Gasteiger partial charge in [0.25, 0.3) is 0 Å². The number of aromatic amines is 1. The van der Waals surface area contributed by atoms with Crippen LogP contribution in [0.25, 0.3) is 0 Å². The summed E-state index contributed by atoms with van der Waals surface area (Å²) in [4.78, 5) is 24.2. The molecule has 2 aromatic rings. The van der Waals surface area contributed by atoms with Gasteiger partial charge in [-0.15, -0.1) is 0 Å². The number of imidazole rings is 1. The number of anilines is 1. The molecule has 2 amide bonds. The molecule has 1 fully saturated rings. The van der Waals surface area contributed by atoms with Crippen LogP contribution in [0.3, 0.4) is 0 Å². The van der Waals surface area contributed by atoms with E-state index in [-0.39, 0.29) is 12.1 Å². The molecule has 0 bridgehead atoms. The topological polar surface area (TPSA) is 82.1 Å². The minimum Gasteiger partial charge on any atom is -0.347 e. The Hall–Kier alpha value is -2.35. The first-order valence-corrected chi connectivity index (χ1v) is 7.88. The first kappa shape index (κ1) is 15.5. The lowest BCUT2D eigenvalue weighted by Crippen LogP contribution is -2.51. The Morgan fingerprint density at radius 3 is 2.91 bits per heavy atom. The summed E-state index contributed by atoms with van der Waals surface area (Å²) in [6.07, 6.45) is 3.57. The number of hydrogen-bond donors (Lipinski definition) is 2. The Bertz CT molecular complexity index is 644. The highest BCUT2D eigenvalue weighted by atomic mass is 16.2. The van der Waals surface area contributed by atoms with Crippen molar-refractivity contribution in [3.8, 4) is 0 Å². The molecule has 1 saturated heterocycles. The molecule has 2 N–H and O–H groups in total. The monoisotopic (exact) mass is 317 g/mol. The molecule has 23 heavy (non-hydrogen) atoms. The minimum atomic E-state index is -0.115. The fraction of sp³-hybridized carbons (Fsp3) is 0.533. The highest BCUT2D eigenvalue weighted by Gasteiger charge is 2.31. The molecule has 0 unspecified atom stereocenters. The highest BCUT2D eigenvalue weighted by Crippen LogP contribution is 2.23. The van der Waals surface area contributed by atoms with Crippen LogP contribution in [0.4, 0.5) is 10.6 Å². The van der Waals surface area contributed by atoms with Crippen LogP contribution in [-0.2, 0) is 7.05 Å². The number of piperazine rings is 1.